The fourth-order valence-electron chi connectivity index (χ4n) is 3.20. The highest BCUT2D eigenvalue weighted by Gasteiger charge is 2.17. The molecule has 0 bridgehead atoms. The third kappa shape index (κ3) is 2.78. The van der Waals surface area contributed by atoms with Crippen LogP contribution in [0, 0.1) is 5.82 Å². The van der Waals surface area contributed by atoms with Crippen molar-refractivity contribution < 1.29 is 4.39 Å². The molecule has 0 saturated carbocycles. The lowest BCUT2D eigenvalue weighted by Crippen LogP contribution is -2.26. The van der Waals surface area contributed by atoms with Gasteiger partial charge in [-0.05, 0) is 49.7 Å². The average molecular weight is 322 g/mol. The number of fused-ring (bicyclic) bond motifs is 1. The van der Waals surface area contributed by atoms with Crippen LogP contribution in [0.25, 0.3) is 22.0 Å². The van der Waals surface area contributed by atoms with E-state index in [9.17, 15) is 4.39 Å². The van der Waals surface area contributed by atoms with Gasteiger partial charge in [0.2, 0.25) is 0 Å². The molecule has 3 aromatic rings. The number of hydrogen-bond acceptors (Lipinski definition) is 3. The van der Waals surface area contributed by atoms with Gasteiger partial charge in [-0.3, -0.25) is 0 Å². The summed E-state index contributed by atoms with van der Waals surface area (Å²) in [5.41, 5.74) is 3.74. The lowest BCUT2D eigenvalue weighted by Gasteiger charge is -2.15. The summed E-state index contributed by atoms with van der Waals surface area (Å²) in [5.74, 6) is 0.538. The van der Waals surface area contributed by atoms with Crippen molar-refractivity contribution in [3.8, 4) is 11.1 Å². The first-order valence-corrected chi connectivity index (χ1v) is 8.13. The van der Waals surface area contributed by atoms with Gasteiger partial charge in [0.15, 0.2) is 0 Å². The smallest absolute Gasteiger partial charge is 0.130 e. The van der Waals surface area contributed by atoms with Gasteiger partial charge < -0.3 is 15.6 Å². The number of nitrogens with zero attached hydrogens (tertiary/aromatic N) is 1. The van der Waals surface area contributed by atoms with Crippen LogP contribution >= 0.6 is 0 Å². The van der Waals surface area contributed by atoms with Crippen LogP contribution in [0.15, 0.2) is 55.0 Å². The van der Waals surface area contributed by atoms with E-state index in [1.165, 1.54) is 18.6 Å². The second kappa shape index (κ2) is 6.09. The van der Waals surface area contributed by atoms with E-state index in [4.69, 9.17) is 0 Å². The lowest BCUT2D eigenvalue weighted by molar-refractivity contribution is 0.629. The summed E-state index contributed by atoms with van der Waals surface area (Å²) in [6, 6.07) is 9.03. The summed E-state index contributed by atoms with van der Waals surface area (Å²) < 4.78 is 13.3. The first kappa shape index (κ1) is 14.9. The molecule has 1 aromatic carbocycles. The fraction of sp³-hybridized carbons (Fsp3) is 0.211. The Morgan fingerprint density at radius 1 is 1.29 bits per heavy atom. The van der Waals surface area contributed by atoms with Crippen molar-refractivity contribution in [1.82, 2.24) is 15.3 Å². The van der Waals surface area contributed by atoms with Crippen LogP contribution in [0.5, 0.6) is 0 Å². The largest absolute Gasteiger partial charge is 0.360 e. The standard InChI is InChI=1S/C19H19FN4/c1-12(17-3-2-8-21-17)24-19-7-4-13(10-23-19)16-11-22-18-9-14(20)5-6-15(16)18/h4-7,9-11,17,21-22H,1-3,8H2,(H,23,24)/t17-/m0/s1. The van der Waals surface area contributed by atoms with Crippen LogP contribution in [0.2, 0.25) is 0 Å². The molecule has 1 fully saturated rings. The quantitative estimate of drug-likeness (QED) is 0.679. The first-order valence-electron chi connectivity index (χ1n) is 8.13. The molecule has 24 heavy (non-hydrogen) atoms. The summed E-state index contributed by atoms with van der Waals surface area (Å²) in [6.45, 7) is 5.14. The number of nitrogens with one attached hydrogen (secondary N) is 3. The zero-order chi connectivity index (χ0) is 16.5. The van der Waals surface area contributed by atoms with Crippen LogP contribution in [0.3, 0.4) is 0 Å². The molecular formula is C19H19FN4. The number of hydrogen-bond donors (Lipinski definition) is 3. The normalized spacial score (nSPS) is 17.3. The molecule has 3 N–H and O–H groups in total. The van der Waals surface area contributed by atoms with E-state index in [2.05, 4.69) is 27.2 Å². The molecule has 3 heterocycles. The summed E-state index contributed by atoms with van der Waals surface area (Å²) in [4.78, 5) is 7.59. The van der Waals surface area contributed by atoms with Crippen LogP contribution < -0.4 is 10.6 Å². The monoisotopic (exact) mass is 322 g/mol. The minimum Gasteiger partial charge on any atom is -0.360 e. The van der Waals surface area contributed by atoms with Crippen molar-refractivity contribution in [2.45, 2.75) is 18.9 Å². The van der Waals surface area contributed by atoms with Gasteiger partial charge in [-0.15, -0.1) is 0 Å². The van der Waals surface area contributed by atoms with E-state index in [1.807, 2.05) is 24.5 Å². The second-order valence-corrected chi connectivity index (χ2v) is 6.12. The van der Waals surface area contributed by atoms with Crippen molar-refractivity contribution in [2.75, 3.05) is 11.9 Å². The van der Waals surface area contributed by atoms with E-state index in [1.54, 1.807) is 6.07 Å². The zero-order valence-electron chi connectivity index (χ0n) is 13.3. The molecule has 0 spiro atoms. The van der Waals surface area contributed by atoms with Crippen molar-refractivity contribution in [2.24, 2.45) is 0 Å². The molecule has 1 aliphatic rings. The highest BCUT2D eigenvalue weighted by atomic mass is 19.1. The third-order valence-corrected chi connectivity index (χ3v) is 4.49. The minimum atomic E-state index is -0.243. The Labute approximate surface area is 139 Å². The topological polar surface area (TPSA) is 52.7 Å². The molecule has 0 aliphatic carbocycles. The minimum absolute atomic E-state index is 0.243. The maximum absolute atomic E-state index is 13.3. The van der Waals surface area contributed by atoms with Gasteiger partial charge in [-0.1, -0.05) is 6.58 Å². The fourth-order valence-corrected chi connectivity index (χ4v) is 3.20. The molecule has 1 atom stereocenters. The Morgan fingerprint density at radius 3 is 2.96 bits per heavy atom. The van der Waals surface area contributed by atoms with Crippen molar-refractivity contribution >= 4 is 16.7 Å². The number of aromatic nitrogens is 2. The summed E-state index contributed by atoms with van der Waals surface area (Å²) in [5, 5.41) is 7.67. The second-order valence-electron chi connectivity index (χ2n) is 6.12. The number of benzene rings is 1. The van der Waals surface area contributed by atoms with Crippen molar-refractivity contribution in [1.29, 1.82) is 0 Å². The summed E-state index contributed by atoms with van der Waals surface area (Å²) in [7, 11) is 0. The van der Waals surface area contributed by atoms with Gasteiger partial charge in [0, 0.05) is 46.2 Å². The molecule has 5 heteroatoms. The maximum Gasteiger partial charge on any atom is 0.130 e. The SMILES string of the molecule is C=C(Nc1ccc(-c2c[nH]c3cc(F)ccc23)cn1)[C@@H]1CCCN1. The number of anilines is 1. The molecule has 0 radical (unpaired) electrons. The third-order valence-electron chi connectivity index (χ3n) is 4.49. The molecule has 4 rings (SSSR count). The lowest BCUT2D eigenvalue weighted by atomic mass is 10.1. The van der Waals surface area contributed by atoms with E-state index < -0.39 is 0 Å². The summed E-state index contributed by atoms with van der Waals surface area (Å²) in [6.07, 6.45) is 5.99. The number of aromatic amines is 1. The van der Waals surface area contributed by atoms with Gasteiger partial charge in [-0.2, -0.15) is 0 Å². The van der Waals surface area contributed by atoms with Crippen molar-refractivity contribution in [3.05, 3.63) is 60.8 Å². The Kier molecular flexibility index (Phi) is 3.78. The highest BCUT2D eigenvalue weighted by Crippen LogP contribution is 2.29. The first-order chi connectivity index (χ1) is 11.7. The van der Waals surface area contributed by atoms with Gasteiger partial charge >= 0.3 is 0 Å². The molecule has 122 valence electrons. The Hall–Kier alpha value is -2.66. The maximum atomic E-state index is 13.3. The van der Waals surface area contributed by atoms with E-state index in [-0.39, 0.29) is 5.82 Å². The zero-order valence-corrected chi connectivity index (χ0v) is 13.3. The van der Waals surface area contributed by atoms with E-state index in [0.29, 0.717) is 6.04 Å². The van der Waals surface area contributed by atoms with Gasteiger partial charge in [-0.25, -0.2) is 9.37 Å². The Bertz CT molecular complexity index is 876. The van der Waals surface area contributed by atoms with Crippen LogP contribution in [-0.2, 0) is 0 Å². The number of H-pyrrole nitrogens is 1. The molecule has 1 aliphatic heterocycles. The summed E-state index contributed by atoms with van der Waals surface area (Å²) >= 11 is 0. The molecule has 0 unspecified atom stereocenters. The number of rotatable bonds is 4. The van der Waals surface area contributed by atoms with Gasteiger partial charge in [0.25, 0.3) is 0 Å². The Morgan fingerprint density at radius 2 is 2.21 bits per heavy atom. The number of halogens is 1. The van der Waals surface area contributed by atoms with Crippen LogP contribution in [0.4, 0.5) is 10.2 Å². The molecule has 1 saturated heterocycles. The van der Waals surface area contributed by atoms with E-state index >= 15 is 0 Å². The van der Waals surface area contributed by atoms with Crippen LogP contribution in [0.1, 0.15) is 12.8 Å². The molecule has 4 nitrogen and oxygen atoms in total. The number of pyridine rings is 1. The van der Waals surface area contributed by atoms with E-state index in [0.717, 1.165) is 46.5 Å². The van der Waals surface area contributed by atoms with Crippen molar-refractivity contribution in [3.63, 3.8) is 0 Å². The van der Waals surface area contributed by atoms with Gasteiger partial charge in [0.1, 0.15) is 11.6 Å². The Balaban J connectivity index is 1.55. The molecular weight excluding hydrogens is 303 g/mol. The molecule has 2 aromatic heterocycles. The van der Waals surface area contributed by atoms with Crippen LogP contribution in [-0.4, -0.2) is 22.6 Å². The van der Waals surface area contributed by atoms with Gasteiger partial charge in [0.05, 0.1) is 0 Å². The highest BCUT2D eigenvalue weighted by molar-refractivity contribution is 5.95. The average Bonchev–Trinajstić information content (AvgIpc) is 3.25. The predicted molar refractivity (Wildman–Crippen MR) is 95.3 cm³/mol. The predicted octanol–water partition coefficient (Wildman–Crippen LogP) is 4.05. The molecule has 0 amide bonds.